The average Bonchev–Trinajstić information content (AvgIpc) is 2.97. The normalized spacial score (nSPS) is 19.8. The third kappa shape index (κ3) is 1.49. The summed E-state index contributed by atoms with van der Waals surface area (Å²) in [6, 6.07) is 7.81. The van der Waals surface area contributed by atoms with Gasteiger partial charge in [-0.1, -0.05) is 0 Å². The maximum atomic E-state index is 10.4. The Morgan fingerprint density at radius 3 is 2.62 bits per heavy atom. The van der Waals surface area contributed by atoms with Crippen LogP contribution in [0.1, 0.15) is 0 Å². The van der Waals surface area contributed by atoms with Crippen molar-refractivity contribution in [2.24, 2.45) is 0 Å². The second kappa shape index (κ2) is 3.09. The Labute approximate surface area is 76.9 Å². The van der Waals surface area contributed by atoms with E-state index in [0.717, 1.165) is 24.3 Å². The second-order valence-electron chi connectivity index (χ2n) is 3.05. The minimum absolute atomic E-state index is 0.0911. The van der Waals surface area contributed by atoms with Crippen molar-refractivity contribution < 1.29 is 9.53 Å². The quantitative estimate of drug-likeness (QED) is 0.511. The third-order valence-electron chi connectivity index (χ3n) is 2.21. The highest BCUT2D eigenvalue weighted by Crippen LogP contribution is 2.27. The van der Waals surface area contributed by atoms with E-state index in [4.69, 9.17) is 4.74 Å². The first-order valence-corrected chi connectivity index (χ1v) is 4.21. The predicted octanol–water partition coefficient (Wildman–Crippen LogP) is 1.08. The molecule has 1 aliphatic heterocycles. The average molecular weight is 177 g/mol. The number of carbonyl (C=O) groups is 1. The monoisotopic (exact) mass is 177 g/mol. The summed E-state index contributed by atoms with van der Waals surface area (Å²) in [5.74, 6) is 0.841. The van der Waals surface area contributed by atoms with Gasteiger partial charge in [-0.3, -0.25) is 0 Å². The van der Waals surface area contributed by atoms with E-state index in [2.05, 4.69) is 0 Å². The number of nitrogens with zero attached hydrogens (tertiary/aromatic N) is 1. The largest absolute Gasteiger partial charge is 0.497 e. The Balaban J connectivity index is 2.11. The molecule has 1 aliphatic rings. The lowest BCUT2D eigenvalue weighted by Gasteiger charge is -2.04. The number of ether oxygens (including phenoxy) is 1. The summed E-state index contributed by atoms with van der Waals surface area (Å²) in [7, 11) is 1.64. The van der Waals surface area contributed by atoms with Crippen molar-refractivity contribution in [3.8, 4) is 5.75 Å². The molecule has 0 aromatic heterocycles. The van der Waals surface area contributed by atoms with E-state index in [9.17, 15) is 4.79 Å². The predicted molar refractivity (Wildman–Crippen MR) is 50.2 cm³/mol. The summed E-state index contributed by atoms with van der Waals surface area (Å²) < 4.78 is 5.03. The van der Waals surface area contributed by atoms with Gasteiger partial charge in [0.05, 0.1) is 7.11 Å². The van der Waals surface area contributed by atoms with Gasteiger partial charge in [-0.25, -0.2) is 0 Å². The Morgan fingerprint density at radius 2 is 2.15 bits per heavy atom. The molecule has 0 saturated carbocycles. The van der Waals surface area contributed by atoms with Gasteiger partial charge in [-0.2, -0.15) is 0 Å². The van der Waals surface area contributed by atoms with Gasteiger partial charge in [0.15, 0.2) is 0 Å². The molecule has 1 atom stereocenters. The molecule has 3 nitrogen and oxygen atoms in total. The molecule has 1 fully saturated rings. The van der Waals surface area contributed by atoms with E-state index in [-0.39, 0.29) is 6.04 Å². The van der Waals surface area contributed by atoms with Crippen molar-refractivity contribution in [1.82, 2.24) is 0 Å². The number of aldehydes is 1. The van der Waals surface area contributed by atoms with Crippen LogP contribution in [0.25, 0.3) is 0 Å². The third-order valence-corrected chi connectivity index (χ3v) is 2.21. The van der Waals surface area contributed by atoms with Crippen molar-refractivity contribution >= 4 is 12.0 Å². The molecule has 0 aliphatic carbocycles. The Bertz CT molecular complexity index is 307. The smallest absolute Gasteiger partial charge is 0.144 e. The van der Waals surface area contributed by atoms with Crippen LogP contribution < -0.4 is 9.64 Å². The maximum Gasteiger partial charge on any atom is 0.144 e. The molecule has 3 heteroatoms. The number of benzene rings is 1. The van der Waals surface area contributed by atoms with Crippen LogP contribution >= 0.6 is 0 Å². The second-order valence-corrected chi connectivity index (χ2v) is 3.05. The summed E-state index contributed by atoms with van der Waals surface area (Å²) in [6.45, 7) is 0.843. The molecule has 1 aromatic rings. The summed E-state index contributed by atoms with van der Waals surface area (Å²) in [6.07, 6.45) is 0.976. The first kappa shape index (κ1) is 8.10. The van der Waals surface area contributed by atoms with Crippen LogP contribution in [0.3, 0.4) is 0 Å². The Morgan fingerprint density at radius 1 is 1.46 bits per heavy atom. The molecule has 0 amide bonds. The molecule has 0 unspecified atom stereocenters. The van der Waals surface area contributed by atoms with E-state index >= 15 is 0 Å². The van der Waals surface area contributed by atoms with E-state index in [1.165, 1.54) is 0 Å². The van der Waals surface area contributed by atoms with Crippen molar-refractivity contribution in [3.05, 3.63) is 24.3 Å². The number of rotatable bonds is 3. The zero-order valence-corrected chi connectivity index (χ0v) is 7.43. The van der Waals surface area contributed by atoms with Gasteiger partial charge in [-0.15, -0.1) is 0 Å². The number of hydrogen-bond acceptors (Lipinski definition) is 3. The molecule has 0 spiro atoms. The fourth-order valence-corrected chi connectivity index (χ4v) is 1.34. The van der Waals surface area contributed by atoms with E-state index in [0.29, 0.717) is 0 Å². The van der Waals surface area contributed by atoms with Crippen molar-refractivity contribution in [3.63, 3.8) is 0 Å². The Kier molecular flexibility index (Phi) is 1.93. The topological polar surface area (TPSA) is 29.3 Å². The highest BCUT2D eigenvalue weighted by atomic mass is 16.5. The van der Waals surface area contributed by atoms with Gasteiger partial charge in [0.25, 0.3) is 0 Å². The summed E-state index contributed by atoms with van der Waals surface area (Å²) in [5.41, 5.74) is 1.08. The van der Waals surface area contributed by atoms with E-state index in [1.807, 2.05) is 29.2 Å². The molecule has 0 radical (unpaired) electrons. The van der Waals surface area contributed by atoms with Gasteiger partial charge in [0, 0.05) is 12.2 Å². The number of anilines is 1. The summed E-state index contributed by atoms with van der Waals surface area (Å²) in [5, 5.41) is 0. The fourth-order valence-electron chi connectivity index (χ4n) is 1.34. The van der Waals surface area contributed by atoms with Gasteiger partial charge < -0.3 is 14.4 Å². The lowest BCUT2D eigenvalue weighted by molar-refractivity contribution is -0.107. The lowest BCUT2D eigenvalue weighted by Crippen LogP contribution is -1.99. The van der Waals surface area contributed by atoms with Gasteiger partial charge >= 0.3 is 0 Å². The molecule has 0 N–H and O–H groups in total. The molecular formula is C10H11NO2. The van der Waals surface area contributed by atoms with Gasteiger partial charge in [0.2, 0.25) is 0 Å². The molecule has 1 aromatic carbocycles. The van der Waals surface area contributed by atoms with E-state index < -0.39 is 0 Å². The molecule has 68 valence electrons. The lowest BCUT2D eigenvalue weighted by atomic mass is 10.3. The van der Waals surface area contributed by atoms with Crippen LogP contribution in [0.5, 0.6) is 5.75 Å². The maximum absolute atomic E-state index is 10.4. The molecular weight excluding hydrogens is 166 g/mol. The Hall–Kier alpha value is -1.51. The first-order valence-electron chi connectivity index (χ1n) is 4.21. The number of carbonyl (C=O) groups excluding carboxylic acids is 1. The van der Waals surface area contributed by atoms with Crippen LogP contribution in [0, 0.1) is 0 Å². The summed E-state index contributed by atoms with van der Waals surface area (Å²) >= 11 is 0. The van der Waals surface area contributed by atoms with Crippen molar-refractivity contribution in [1.29, 1.82) is 0 Å². The standard InChI is InChI=1S/C10H11NO2/c1-13-10-4-2-8(3-5-10)11-6-9(11)7-12/h2-5,7,9H,6H2,1H3/t9-,11?/m0/s1. The molecule has 13 heavy (non-hydrogen) atoms. The molecule has 2 rings (SSSR count). The highest BCUT2D eigenvalue weighted by molar-refractivity contribution is 5.74. The van der Waals surface area contributed by atoms with Crippen LogP contribution in [-0.4, -0.2) is 26.0 Å². The van der Waals surface area contributed by atoms with Gasteiger partial charge in [0.1, 0.15) is 18.1 Å². The van der Waals surface area contributed by atoms with Crippen LogP contribution in [0.2, 0.25) is 0 Å². The van der Waals surface area contributed by atoms with Gasteiger partial charge in [-0.05, 0) is 24.3 Å². The van der Waals surface area contributed by atoms with Crippen molar-refractivity contribution in [2.45, 2.75) is 6.04 Å². The summed E-state index contributed by atoms with van der Waals surface area (Å²) in [4.78, 5) is 12.4. The highest BCUT2D eigenvalue weighted by Gasteiger charge is 2.33. The minimum Gasteiger partial charge on any atom is -0.497 e. The molecule has 0 bridgehead atoms. The molecule has 1 heterocycles. The minimum atomic E-state index is 0.0911. The fraction of sp³-hybridized carbons (Fsp3) is 0.300. The SMILES string of the molecule is COc1ccc(N2C[C@H]2C=O)cc1. The first-order chi connectivity index (χ1) is 6.35. The number of hydrogen-bond donors (Lipinski definition) is 0. The number of methoxy groups -OCH3 is 1. The zero-order chi connectivity index (χ0) is 9.26. The van der Waals surface area contributed by atoms with Crippen molar-refractivity contribution in [2.75, 3.05) is 18.6 Å². The zero-order valence-electron chi connectivity index (χ0n) is 7.43. The van der Waals surface area contributed by atoms with Crippen LogP contribution in [-0.2, 0) is 4.79 Å². The van der Waals surface area contributed by atoms with Crippen LogP contribution in [0.4, 0.5) is 5.69 Å². The molecule has 1 saturated heterocycles. The van der Waals surface area contributed by atoms with E-state index in [1.54, 1.807) is 7.11 Å². The van der Waals surface area contributed by atoms with Crippen LogP contribution in [0.15, 0.2) is 24.3 Å².